The Balaban J connectivity index is 1.27. The number of amides is 1. The minimum atomic E-state index is -1.87. The Labute approximate surface area is 375 Å². The van der Waals surface area contributed by atoms with E-state index >= 15 is 4.79 Å². The number of carbonyl (C=O) groups is 4. The molecule has 14 nitrogen and oxygen atoms in total. The van der Waals surface area contributed by atoms with Crippen LogP contribution in [0.1, 0.15) is 89.1 Å². The third-order valence-electron chi connectivity index (χ3n) is 17.5. The van der Waals surface area contributed by atoms with Gasteiger partial charge in [-0.3, -0.25) is 29.1 Å². The first-order chi connectivity index (χ1) is 30.7. The van der Waals surface area contributed by atoms with Gasteiger partial charge in [0.05, 0.1) is 31.3 Å². The fraction of sp³-hybridized carbons (Fsp3) is 0.640. The summed E-state index contributed by atoms with van der Waals surface area (Å²) in [5, 5.41) is 13.2. The molecule has 5 fully saturated rings. The molecule has 12 atom stereocenters. The summed E-state index contributed by atoms with van der Waals surface area (Å²) in [6, 6.07) is 4.15. The minimum Gasteiger partial charge on any atom is -0.468 e. The van der Waals surface area contributed by atoms with E-state index in [4.69, 9.17) is 23.7 Å². The molecule has 1 aromatic carbocycles. The third-order valence-corrected chi connectivity index (χ3v) is 17.5. The van der Waals surface area contributed by atoms with Crippen molar-refractivity contribution in [1.29, 1.82) is 0 Å². The van der Waals surface area contributed by atoms with Crippen LogP contribution in [0.15, 0.2) is 47.7 Å². The number of carbonyl (C=O) groups excluding carboxylic acids is 4. The molecule has 8 aliphatic rings. The number of piperidine rings is 1. The maximum Gasteiger partial charge on any atom is 0.347 e. The molecule has 0 radical (unpaired) electrons. The van der Waals surface area contributed by atoms with Crippen molar-refractivity contribution < 1.29 is 48.0 Å². The Morgan fingerprint density at radius 1 is 0.984 bits per heavy atom. The summed E-state index contributed by atoms with van der Waals surface area (Å²) < 4.78 is 31.5. The van der Waals surface area contributed by atoms with Gasteiger partial charge < -0.3 is 33.8 Å². The number of rotatable bonds is 10. The highest BCUT2D eigenvalue weighted by atomic mass is 16.7. The van der Waals surface area contributed by atoms with Gasteiger partial charge >= 0.3 is 17.9 Å². The third kappa shape index (κ3) is 5.20. The Morgan fingerprint density at radius 2 is 1.73 bits per heavy atom. The number of allylic oxidation sites excluding steroid dienone is 1. The number of H-pyrrole nitrogens is 1. The maximum absolute atomic E-state index is 15.6. The zero-order valence-electron chi connectivity index (χ0n) is 38.6. The monoisotopic (exact) mass is 880 g/mol. The van der Waals surface area contributed by atoms with Gasteiger partial charge in [0.25, 0.3) is 5.60 Å². The van der Waals surface area contributed by atoms with Crippen LogP contribution in [-0.4, -0.2) is 138 Å². The lowest BCUT2D eigenvalue weighted by Crippen LogP contribution is -2.74. The molecular weight excluding hydrogens is 817 g/mol. The highest BCUT2D eigenvalue weighted by molar-refractivity contribution is 5.93. The van der Waals surface area contributed by atoms with E-state index in [0.717, 1.165) is 47.0 Å². The summed E-state index contributed by atoms with van der Waals surface area (Å²) >= 11 is 0. The number of epoxide rings is 1. The summed E-state index contributed by atoms with van der Waals surface area (Å²) in [4.78, 5) is 67.6. The molecule has 2 spiro atoms. The van der Waals surface area contributed by atoms with Crippen LogP contribution in [-0.2, 0) is 67.5 Å². The Bertz CT molecular complexity index is 2430. The van der Waals surface area contributed by atoms with Gasteiger partial charge in [-0.15, -0.1) is 0 Å². The van der Waals surface area contributed by atoms with Crippen molar-refractivity contribution in [3.8, 4) is 0 Å². The van der Waals surface area contributed by atoms with Gasteiger partial charge in [-0.1, -0.05) is 45.9 Å². The number of methoxy groups -OCH3 is 3. The van der Waals surface area contributed by atoms with Crippen LogP contribution in [0.3, 0.4) is 0 Å². The number of hydrogen-bond acceptors (Lipinski definition) is 12. The first-order valence-corrected chi connectivity index (χ1v) is 23.5. The van der Waals surface area contributed by atoms with Crippen LogP contribution in [0.25, 0.3) is 10.9 Å². The molecule has 7 heterocycles. The summed E-state index contributed by atoms with van der Waals surface area (Å²) in [6.07, 6.45) is 11.9. The van der Waals surface area contributed by atoms with Gasteiger partial charge in [-0.2, -0.15) is 0 Å². The van der Waals surface area contributed by atoms with Gasteiger partial charge in [-0.25, -0.2) is 4.79 Å². The van der Waals surface area contributed by atoms with Crippen LogP contribution >= 0.6 is 0 Å². The first-order valence-electron chi connectivity index (χ1n) is 23.5. The van der Waals surface area contributed by atoms with Gasteiger partial charge in [-0.05, 0) is 104 Å². The van der Waals surface area contributed by atoms with Crippen molar-refractivity contribution >= 4 is 35.2 Å². The van der Waals surface area contributed by atoms with E-state index in [0.29, 0.717) is 76.9 Å². The number of fused-ring (bicyclic) bond motifs is 6. The number of nitrogens with one attached hydrogen (secondary N) is 1. The molecule has 344 valence electrons. The average molecular weight is 881 g/mol. The molecule has 2 N–H and O–H groups in total. The van der Waals surface area contributed by atoms with E-state index in [1.807, 2.05) is 19.9 Å². The molecule has 14 heteroatoms. The number of hydrogen-bond donors (Lipinski definition) is 2. The highest BCUT2D eigenvalue weighted by Crippen LogP contribution is 2.82. The molecule has 3 unspecified atom stereocenters. The molecule has 10 rings (SSSR count). The lowest BCUT2D eigenvalue weighted by atomic mass is 9.48. The van der Waals surface area contributed by atoms with Crippen molar-refractivity contribution in [2.45, 2.75) is 127 Å². The van der Waals surface area contributed by atoms with Crippen molar-refractivity contribution in [2.75, 3.05) is 54.1 Å². The molecule has 1 amide bonds. The van der Waals surface area contributed by atoms with Gasteiger partial charge in [0.1, 0.15) is 5.41 Å². The molecule has 2 aromatic rings. The largest absolute Gasteiger partial charge is 0.468 e. The van der Waals surface area contributed by atoms with E-state index in [1.54, 1.807) is 7.11 Å². The molecule has 6 aliphatic heterocycles. The predicted molar refractivity (Wildman–Crippen MR) is 236 cm³/mol. The van der Waals surface area contributed by atoms with Crippen LogP contribution in [0.4, 0.5) is 0 Å². The van der Waals surface area contributed by atoms with E-state index < -0.39 is 69.2 Å². The molecule has 1 aromatic heterocycles. The van der Waals surface area contributed by atoms with Crippen molar-refractivity contribution in [1.82, 2.24) is 19.7 Å². The molecule has 2 bridgehead atoms. The number of benzene rings is 1. The number of aromatic nitrogens is 1. The summed E-state index contributed by atoms with van der Waals surface area (Å²) in [5.74, 6) is -2.51. The van der Waals surface area contributed by atoms with E-state index in [9.17, 15) is 19.5 Å². The second-order valence-corrected chi connectivity index (χ2v) is 19.9. The van der Waals surface area contributed by atoms with Crippen LogP contribution in [0, 0.1) is 22.7 Å². The molecule has 1 saturated carbocycles. The highest BCUT2D eigenvalue weighted by Gasteiger charge is 3.00. The van der Waals surface area contributed by atoms with Crippen LogP contribution < -0.4 is 0 Å². The quantitative estimate of drug-likeness (QED) is 0.112. The maximum atomic E-state index is 15.6. The fourth-order valence-corrected chi connectivity index (χ4v) is 15.0. The topological polar surface area (TPSA) is 163 Å². The standard InChI is InChI=1S/C50H64N4O10/c1-9-31-20-34-33-14-18-52-26-30(24-45(59,11-3)27-52)25-47(43(57)61-7,40(33)51-37(34)21-32(31)10-2)36-22-35-38(23-39(36)60-6)54(28-55)50-48(35)16-19-53-17-13-15-46(12-4,41(48)53)42(63-29(5)56)49(50,64-50)44(58)62-8/h13,15,20-23,28,30,36,39,41-42,51,59H,9-12,14,16-19,24-27H2,1-8H3/t30-,36?,39?,41+,42-,45+,46-,47+,48-,49+,50+/m1/s1. The normalized spacial score (nSPS) is 40.3. The second kappa shape index (κ2) is 14.8. The fourth-order valence-electron chi connectivity index (χ4n) is 15.0. The number of likely N-dealkylation sites (tertiary alicyclic amines) is 1. The number of nitrogens with zero attached hydrogens (tertiary/aromatic N) is 3. The number of esters is 3. The van der Waals surface area contributed by atoms with E-state index in [-0.39, 0.29) is 12.0 Å². The average Bonchev–Trinajstić information content (AvgIpc) is 3.52. The summed E-state index contributed by atoms with van der Waals surface area (Å²) in [5.41, 5.74) is -1.14. The molecule has 4 saturated heterocycles. The Hall–Kier alpha value is -4.34. The number of ether oxygens (including phenoxy) is 5. The number of aliphatic hydroxyl groups is 1. The molecule has 2 aliphatic carbocycles. The summed E-state index contributed by atoms with van der Waals surface area (Å²) in [6.45, 7) is 12.9. The van der Waals surface area contributed by atoms with Crippen molar-refractivity contribution in [3.63, 3.8) is 0 Å². The minimum absolute atomic E-state index is 0.107. The number of aryl methyl sites for hydroxylation is 2. The lowest BCUT2D eigenvalue weighted by Gasteiger charge is -2.58. The first kappa shape index (κ1) is 43.5. The molecular formula is C50H64N4O10. The Morgan fingerprint density at radius 3 is 2.39 bits per heavy atom. The van der Waals surface area contributed by atoms with Crippen molar-refractivity contribution in [2.24, 2.45) is 22.7 Å². The SMILES string of the molecule is CCc1cc2[nH]c3c(c2cc1CC)CCN1C[C@H](C[C@@](O)(CC)C1)C[C@]3(C(=O)OC)C1C=C2C(=CC1OC)N(C=O)[C@@]13O[C@]1(C(=O)OC)[C@H](OC(C)=O)[C@]1(CC)C=CCN4CC[C@]23[C@@H]41. The van der Waals surface area contributed by atoms with Crippen LogP contribution in [0.2, 0.25) is 0 Å². The van der Waals surface area contributed by atoms with E-state index in [1.165, 1.54) is 37.2 Å². The lowest BCUT2D eigenvalue weighted by molar-refractivity contribution is -0.183. The number of aromatic amines is 1. The van der Waals surface area contributed by atoms with E-state index in [2.05, 4.69) is 59.0 Å². The van der Waals surface area contributed by atoms with Gasteiger partial charge in [0, 0.05) is 79.9 Å². The van der Waals surface area contributed by atoms with Crippen LogP contribution in [0.5, 0.6) is 0 Å². The second-order valence-electron chi connectivity index (χ2n) is 19.9. The summed E-state index contributed by atoms with van der Waals surface area (Å²) in [7, 11) is 4.37. The zero-order valence-corrected chi connectivity index (χ0v) is 38.6. The van der Waals surface area contributed by atoms with Gasteiger partial charge in [0.2, 0.25) is 12.1 Å². The van der Waals surface area contributed by atoms with Crippen molar-refractivity contribution in [3.05, 3.63) is 70.1 Å². The zero-order chi connectivity index (χ0) is 45.4. The smallest absolute Gasteiger partial charge is 0.347 e. The molecule has 64 heavy (non-hydrogen) atoms. The predicted octanol–water partition coefficient (Wildman–Crippen LogP) is 4.65. The Kier molecular flexibility index (Phi) is 10.1. The van der Waals surface area contributed by atoms with Gasteiger partial charge in [0.15, 0.2) is 6.10 Å².